The van der Waals surface area contributed by atoms with Gasteiger partial charge in [0, 0.05) is 10.7 Å². The topological polar surface area (TPSA) is 115 Å². The molecule has 180 valence electrons. The lowest BCUT2D eigenvalue weighted by Crippen LogP contribution is -2.32. The molecule has 0 heterocycles. The van der Waals surface area contributed by atoms with Crippen molar-refractivity contribution >= 4 is 41.3 Å². The summed E-state index contributed by atoms with van der Waals surface area (Å²) < 4.78 is 15.7. The van der Waals surface area contributed by atoms with Crippen molar-refractivity contribution in [3.63, 3.8) is 0 Å². The molecule has 3 aromatic carbocycles. The Hall–Kier alpha value is -4.37. The number of carbonyl (C=O) groups is 3. The van der Waals surface area contributed by atoms with Gasteiger partial charge in [-0.25, -0.2) is 10.2 Å². The lowest BCUT2D eigenvalue weighted by atomic mass is 10.2. The fraction of sp³-hybridized carbons (Fsp3) is 0.120. The van der Waals surface area contributed by atoms with Crippen LogP contribution in [-0.2, 0) is 9.59 Å². The van der Waals surface area contributed by atoms with Gasteiger partial charge in [-0.3, -0.25) is 9.59 Å². The minimum absolute atomic E-state index is 0.294. The summed E-state index contributed by atoms with van der Waals surface area (Å²) in [6, 6.07) is 16.1. The minimum Gasteiger partial charge on any atom is -0.493 e. The Morgan fingerprint density at radius 2 is 1.63 bits per heavy atom. The predicted molar refractivity (Wildman–Crippen MR) is 132 cm³/mol. The number of hydrogen-bond acceptors (Lipinski definition) is 7. The molecular formula is C25H22ClN3O6. The van der Waals surface area contributed by atoms with Gasteiger partial charge in [-0.15, -0.1) is 0 Å². The summed E-state index contributed by atoms with van der Waals surface area (Å²) in [5.74, 6) is -1.18. The van der Waals surface area contributed by atoms with E-state index in [1.54, 1.807) is 61.5 Å². The standard InChI is InChI=1S/C25H22ClN3O6/c1-15-19(26)5-4-6-20(15)28-23(30)24(31)29-27-14-16-7-10-18(11-8-16)35-25(32)17-9-12-21(33-2)22(13-17)34-3/h4-14H,1-3H3,(H,28,30)(H,29,31)/b27-14+. The molecule has 0 spiro atoms. The number of methoxy groups -OCH3 is 2. The Balaban J connectivity index is 1.54. The molecule has 0 aromatic heterocycles. The molecule has 10 heteroatoms. The first kappa shape index (κ1) is 25.3. The first-order chi connectivity index (χ1) is 16.8. The highest BCUT2D eigenvalue weighted by Gasteiger charge is 2.15. The number of halogens is 1. The number of carbonyl (C=O) groups excluding carboxylic acids is 3. The van der Waals surface area contributed by atoms with Crippen LogP contribution in [0.5, 0.6) is 17.2 Å². The van der Waals surface area contributed by atoms with E-state index in [4.69, 9.17) is 25.8 Å². The van der Waals surface area contributed by atoms with Gasteiger partial charge in [0.25, 0.3) is 0 Å². The molecule has 0 bridgehead atoms. The van der Waals surface area contributed by atoms with Crippen molar-refractivity contribution in [2.75, 3.05) is 19.5 Å². The van der Waals surface area contributed by atoms with Gasteiger partial charge in [-0.1, -0.05) is 17.7 Å². The Bertz CT molecular complexity index is 1270. The first-order valence-corrected chi connectivity index (χ1v) is 10.6. The van der Waals surface area contributed by atoms with E-state index in [1.165, 1.54) is 26.5 Å². The quantitative estimate of drug-likeness (QED) is 0.168. The summed E-state index contributed by atoms with van der Waals surface area (Å²) in [4.78, 5) is 36.5. The van der Waals surface area contributed by atoms with E-state index in [1.807, 2.05) is 0 Å². The average molecular weight is 496 g/mol. The van der Waals surface area contributed by atoms with Crippen molar-refractivity contribution in [1.82, 2.24) is 5.43 Å². The third-order valence-electron chi connectivity index (χ3n) is 4.81. The third-order valence-corrected chi connectivity index (χ3v) is 5.22. The van der Waals surface area contributed by atoms with Crippen LogP contribution in [0.2, 0.25) is 5.02 Å². The zero-order valence-electron chi connectivity index (χ0n) is 19.1. The summed E-state index contributed by atoms with van der Waals surface area (Å²) in [6.07, 6.45) is 1.34. The summed E-state index contributed by atoms with van der Waals surface area (Å²) in [5, 5.41) is 6.72. The van der Waals surface area contributed by atoms with Gasteiger partial charge in [0.05, 0.1) is 26.0 Å². The molecule has 3 aromatic rings. The molecule has 0 aliphatic rings. The second-order valence-corrected chi connectivity index (χ2v) is 7.50. The van der Waals surface area contributed by atoms with Crippen molar-refractivity contribution in [3.8, 4) is 17.2 Å². The number of hydrogen-bond donors (Lipinski definition) is 2. The largest absolute Gasteiger partial charge is 0.493 e. The van der Waals surface area contributed by atoms with Crippen molar-refractivity contribution in [3.05, 3.63) is 82.4 Å². The molecule has 3 rings (SSSR count). The molecular weight excluding hydrogens is 474 g/mol. The third kappa shape index (κ3) is 6.58. The van der Waals surface area contributed by atoms with Gasteiger partial charge in [-0.2, -0.15) is 5.10 Å². The van der Waals surface area contributed by atoms with E-state index < -0.39 is 17.8 Å². The highest BCUT2D eigenvalue weighted by Crippen LogP contribution is 2.28. The molecule has 0 aliphatic carbocycles. The number of nitrogens with one attached hydrogen (secondary N) is 2. The van der Waals surface area contributed by atoms with Crippen LogP contribution >= 0.6 is 11.6 Å². The molecule has 2 N–H and O–H groups in total. The first-order valence-electron chi connectivity index (χ1n) is 10.3. The van der Waals surface area contributed by atoms with Gasteiger partial charge in [0.15, 0.2) is 11.5 Å². The number of hydrazone groups is 1. The summed E-state index contributed by atoms with van der Waals surface area (Å²) in [7, 11) is 2.98. The summed E-state index contributed by atoms with van der Waals surface area (Å²) in [6.45, 7) is 1.72. The summed E-state index contributed by atoms with van der Waals surface area (Å²) >= 11 is 6.01. The van der Waals surface area contributed by atoms with Gasteiger partial charge < -0.3 is 19.5 Å². The Morgan fingerprint density at radius 1 is 0.914 bits per heavy atom. The SMILES string of the molecule is COc1ccc(C(=O)Oc2ccc(/C=N/NC(=O)C(=O)Nc3cccc(Cl)c3C)cc2)cc1OC. The number of ether oxygens (including phenoxy) is 3. The van der Waals surface area contributed by atoms with Crippen molar-refractivity contribution in [1.29, 1.82) is 0 Å². The lowest BCUT2D eigenvalue weighted by molar-refractivity contribution is -0.136. The van der Waals surface area contributed by atoms with E-state index in [0.29, 0.717) is 44.6 Å². The Kier molecular flexibility index (Phi) is 8.42. The van der Waals surface area contributed by atoms with Crippen LogP contribution in [0.3, 0.4) is 0 Å². The van der Waals surface area contributed by atoms with E-state index in [2.05, 4.69) is 15.8 Å². The fourth-order valence-corrected chi connectivity index (χ4v) is 3.06. The monoisotopic (exact) mass is 495 g/mol. The number of nitrogens with zero attached hydrogens (tertiary/aromatic N) is 1. The maximum atomic E-state index is 12.4. The summed E-state index contributed by atoms with van der Waals surface area (Å²) in [5.41, 5.74) is 4.12. The minimum atomic E-state index is -0.943. The highest BCUT2D eigenvalue weighted by atomic mass is 35.5. The van der Waals surface area contributed by atoms with E-state index in [-0.39, 0.29) is 0 Å². The fourth-order valence-electron chi connectivity index (χ4n) is 2.89. The molecule has 35 heavy (non-hydrogen) atoms. The van der Waals surface area contributed by atoms with Crippen LogP contribution in [0.25, 0.3) is 0 Å². The van der Waals surface area contributed by atoms with Crippen LogP contribution in [-0.4, -0.2) is 38.2 Å². The average Bonchev–Trinajstić information content (AvgIpc) is 2.87. The normalized spacial score (nSPS) is 10.5. The zero-order chi connectivity index (χ0) is 25.4. The van der Waals surface area contributed by atoms with Crippen molar-refractivity contribution in [2.45, 2.75) is 6.92 Å². The predicted octanol–water partition coefficient (Wildman–Crippen LogP) is 3.97. The molecule has 0 saturated carbocycles. The number of amides is 2. The number of esters is 1. The van der Waals surface area contributed by atoms with E-state index in [0.717, 1.165) is 0 Å². The van der Waals surface area contributed by atoms with E-state index in [9.17, 15) is 14.4 Å². The zero-order valence-corrected chi connectivity index (χ0v) is 19.9. The molecule has 0 atom stereocenters. The van der Waals surface area contributed by atoms with Crippen LogP contribution in [0.15, 0.2) is 65.8 Å². The van der Waals surface area contributed by atoms with Crippen LogP contribution < -0.4 is 25.0 Å². The van der Waals surface area contributed by atoms with Crippen molar-refractivity contribution in [2.24, 2.45) is 5.10 Å². The van der Waals surface area contributed by atoms with E-state index >= 15 is 0 Å². The van der Waals surface area contributed by atoms with Crippen LogP contribution in [0, 0.1) is 6.92 Å². The van der Waals surface area contributed by atoms with Gasteiger partial charge >= 0.3 is 17.8 Å². The number of benzene rings is 3. The Morgan fingerprint density at radius 3 is 2.31 bits per heavy atom. The molecule has 0 radical (unpaired) electrons. The smallest absolute Gasteiger partial charge is 0.343 e. The number of rotatable bonds is 7. The second kappa shape index (κ2) is 11.7. The lowest BCUT2D eigenvalue weighted by Gasteiger charge is -2.09. The van der Waals surface area contributed by atoms with Gasteiger partial charge in [0.2, 0.25) is 0 Å². The molecule has 0 unspecified atom stereocenters. The molecule has 0 saturated heterocycles. The van der Waals surface area contributed by atoms with Gasteiger partial charge in [-0.05, 0) is 72.6 Å². The maximum absolute atomic E-state index is 12.4. The second-order valence-electron chi connectivity index (χ2n) is 7.09. The molecule has 9 nitrogen and oxygen atoms in total. The maximum Gasteiger partial charge on any atom is 0.343 e. The molecule has 0 fully saturated rings. The van der Waals surface area contributed by atoms with Crippen LogP contribution in [0.4, 0.5) is 5.69 Å². The van der Waals surface area contributed by atoms with Gasteiger partial charge in [0.1, 0.15) is 5.75 Å². The molecule has 2 amide bonds. The Labute approximate surface area is 206 Å². The highest BCUT2D eigenvalue weighted by molar-refractivity contribution is 6.40. The van der Waals surface area contributed by atoms with Crippen molar-refractivity contribution < 1.29 is 28.6 Å². The number of anilines is 1. The molecule has 0 aliphatic heterocycles. The van der Waals surface area contributed by atoms with Crippen LogP contribution in [0.1, 0.15) is 21.5 Å².